The molecule has 2 saturated heterocycles. The van der Waals surface area contributed by atoms with E-state index in [1.54, 1.807) is 18.2 Å². The van der Waals surface area contributed by atoms with E-state index < -0.39 is 25.0 Å². The Hall–Kier alpha value is -3.23. The second kappa shape index (κ2) is 9.33. The van der Waals surface area contributed by atoms with E-state index in [1.165, 1.54) is 9.80 Å². The monoisotopic (exact) mass is 453 g/mol. The number of carbonyl (C=O) groups excluding carboxylic acids is 3. The van der Waals surface area contributed by atoms with E-state index in [1.807, 2.05) is 24.3 Å². The molecular weight excluding hydrogens is 422 g/mol. The normalized spacial score (nSPS) is 26.0. The molecule has 172 valence electrons. The summed E-state index contributed by atoms with van der Waals surface area (Å²) < 4.78 is 42.9. The fourth-order valence-corrected chi connectivity index (χ4v) is 4.29. The van der Waals surface area contributed by atoms with Crippen LogP contribution in [0.1, 0.15) is 45.4 Å². The lowest BCUT2D eigenvalue weighted by Crippen LogP contribution is -2.52. The minimum absolute atomic E-state index is 0.114. The van der Waals surface area contributed by atoms with Gasteiger partial charge in [0, 0.05) is 39.9 Å². The Kier molecular flexibility index (Phi) is 4.88. The molecule has 8 heteroatoms. The summed E-state index contributed by atoms with van der Waals surface area (Å²) in [5.41, 5.74) is 2.89. The molecule has 1 atom stereocenters. The van der Waals surface area contributed by atoms with E-state index in [0.717, 1.165) is 11.1 Å². The van der Waals surface area contributed by atoms with Gasteiger partial charge < -0.3 is 14.4 Å². The molecule has 0 radical (unpaired) electrons. The quantitative estimate of drug-likeness (QED) is 0.672. The maximum atomic E-state index is 13.0. The van der Waals surface area contributed by atoms with Gasteiger partial charge in [0.25, 0.3) is 5.91 Å². The number of nitrogens with one attached hydrogen (secondary N) is 1. The lowest BCUT2D eigenvalue weighted by molar-refractivity contribution is -0.136. The topological polar surface area (TPSA) is 88.2 Å². The second-order valence-corrected chi connectivity index (χ2v) is 8.27. The van der Waals surface area contributed by atoms with Crippen LogP contribution in [-0.4, -0.2) is 59.8 Å². The van der Waals surface area contributed by atoms with E-state index in [2.05, 4.69) is 5.32 Å². The minimum Gasteiger partial charge on any atom is -0.489 e. The van der Waals surface area contributed by atoms with Gasteiger partial charge in [-0.25, -0.2) is 0 Å². The molecule has 2 aromatic carbocycles. The molecule has 33 heavy (non-hydrogen) atoms. The molecule has 0 spiro atoms. The van der Waals surface area contributed by atoms with Crippen LogP contribution in [0.2, 0.25) is 0 Å². The van der Waals surface area contributed by atoms with Gasteiger partial charge in [-0.1, -0.05) is 30.3 Å². The smallest absolute Gasteiger partial charge is 0.255 e. The Morgan fingerprint density at radius 1 is 1.12 bits per heavy atom. The van der Waals surface area contributed by atoms with Gasteiger partial charge in [-0.3, -0.25) is 24.6 Å². The predicted octanol–water partition coefficient (Wildman–Crippen LogP) is 1.86. The number of carbonyl (C=O) groups is 3. The number of ether oxygens (including phenoxy) is 2. The molecule has 2 aromatic rings. The van der Waals surface area contributed by atoms with E-state index in [9.17, 15) is 14.4 Å². The van der Waals surface area contributed by atoms with Crippen LogP contribution < -0.4 is 10.1 Å². The molecule has 0 bridgehead atoms. The average Bonchev–Trinajstić information content (AvgIpc) is 3.18. The Bertz CT molecular complexity index is 1240. The van der Waals surface area contributed by atoms with Gasteiger partial charge in [-0.2, -0.15) is 0 Å². The average molecular weight is 454 g/mol. The van der Waals surface area contributed by atoms with Gasteiger partial charge in [-0.05, 0) is 29.7 Å². The van der Waals surface area contributed by atoms with Crippen LogP contribution >= 0.6 is 0 Å². The first-order valence-corrected chi connectivity index (χ1v) is 10.9. The van der Waals surface area contributed by atoms with Crippen LogP contribution in [-0.2, 0) is 34.0 Å². The van der Waals surface area contributed by atoms with Gasteiger partial charge in [0.2, 0.25) is 11.8 Å². The van der Waals surface area contributed by atoms with Crippen molar-refractivity contribution < 1.29 is 29.3 Å². The lowest BCUT2D eigenvalue weighted by atomic mass is 10.0. The van der Waals surface area contributed by atoms with Crippen LogP contribution in [0.5, 0.6) is 5.75 Å². The molecule has 1 unspecified atom stereocenters. The SMILES string of the molecule is [2H]C1([2H])OCCN(Cc2ccc(COc3cccc4c3CN(C3CCC(=O)NC3=O)C4=O)cc2)C1([2H])[2H]. The summed E-state index contributed by atoms with van der Waals surface area (Å²) in [6, 6.07) is 12.0. The number of benzene rings is 2. The van der Waals surface area contributed by atoms with Crippen molar-refractivity contribution in [3.05, 3.63) is 64.7 Å². The van der Waals surface area contributed by atoms with Gasteiger partial charge in [0.05, 0.1) is 22.5 Å². The number of rotatable bonds is 6. The van der Waals surface area contributed by atoms with Crippen molar-refractivity contribution in [2.45, 2.75) is 38.6 Å². The summed E-state index contributed by atoms with van der Waals surface area (Å²) in [5.74, 6) is -0.494. The number of morpholine rings is 1. The Morgan fingerprint density at radius 2 is 1.94 bits per heavy atom. The molecule has 2 fully saturated rings. The molecular formula is C25H27N3O5. The highest BCUT2D eigenvalue weighted by Crippen LogP contribution is 2.34. The highest BCUT2D eigenvalue weighted by Gasteiger charge is 2.40. The Morgan fingerprint density at radius 3 is 2.76 bits per heavy atom. The van der Waals surface area contributed by atoms with Gasteiger partial charge >= 0.3 is 0 Å². The van der Waals surface area contributed by atoms with Crippen molar-refractivity contribution in [3.8, 4) is 5.75 Å². The number of nitrogens with zero attached hydrogens (tertiary/aromatic N) is 2. The second-order valence-electron chi connectivity index (χ2n) is 8.27. The third-order valence-corrected chi connectivity index (χ3v) is 6.07. The fourth-order valence-electron chi connectivity index (χ4n) is 4.29. The van der Waals surface area contributed by atoms with E-state index in [4.69, 9.17) is 15.0 Å². The summed E-state index contributed by atoms with van der Waals surface area (Å²) in [6.07, 6.45) is 0.489. The van der Waals surface area contributed by atoms with Gasteiger partial charge in [-0.15, -0.1) is 0 Å². The molecule has 3 heterocycles. The first-order chi connectivity index (χ1) is 17.6. The molecule has 0 saturated carbocycles. The lowest BCUT2D eigenvalue weighted by Gasteiger charge is -2.29. The third kappa shape index (κ3) is 4.62. The van der Waals surface area contributed by atoms with E-state index >= 15 is 0 Å². The maximum Gasteiger partial charge on any atom is 0.255 e. The number of piperidine rings is 1. The van der Waals surface area contributed by atoms with Crippen molar-refractivity contribution in [2.75, 3.05) is 26.2 Å². The zero-order valence-electron chi connectivity index (χ0n) is 22.0. The Balaban J connectivity index is 1.23. The van der Waals surface area contributed by atoms with Gasteiger partial charge in [0.15, 0.2) is 0 Å². The molecule has 3 aliphatic heterocycles. The summed E-state index contributed by atoms with van der Waals surface area (Å²) in [6.45, 7) is -3.53. The van der Waals surface area contributed by atoms with Crippen LogP contribution in [0.3, 0.4) is 0 Å². The van der Waals surface area contributed by atoms with Crippen LogP contribution in [0.25, 0.3) is 0 Å². The number of hydrogen-bond donors (Lipinski definition) is 1. The third-order valence-electron chi connectivity index (χ3n) is 6.07. The fraction of sp³-hybridized carbons (Fsp3) is 0.400. The first kappa shape index (κ1) is 17.3. The van der Waals surface area contributed by atoms with Crippen molar-refractivity contribution in [3.63, 3.8) is 0 Å². The van der Waals surface area contributed by atoms with Crippen molar-refractivity contribution >= 4 is 17.7 Å². The number of fused-ring (bicyclic) bond motifs is 1. The summed E-state index contributed by atoms with van der Waals surface area (Å²) in [7, 11) is 0. The highest BCUT2D eigenvalue weighted by atomic mass is 16.5. The molecule has 3 amide bonds. The largest absolute Gasteiger partial charge is 0.489 e. The van der Waals surface area contributed by atoms with Crippen LogP contribution in [0, 0.1) is 0 Å². The molecule has 3 aliphatic rings. The molecule has 8 nitrogen and oxygen atoms in total. The van der Waals surface area contributed by atoms with Gasteiger partial charge in [0.1, 0.15) is 18.4 Å². The minimum atomic E-state index is -2.38. The number of imide groups is 1. The van der Waals surface area contributed by atoms with Crippen molar-refractivity contribution in [1.82, 2.24) is 15.1 Å². The molecule has 0 aliphatic carbocycles. The summed E-state index contributed by atoms with van der Waals surface area (Å²) >= 11 is 0. The molecule has 5 rings (SSSR count). The van der Waals surface area contributed by atoms with Crippen LogP contribution in [0.4, 0.5) is 0 Å². The molecule has 1 N–H and O–H groups in total. The van der Waals surface area contributed by atoms with Crippen molar-refractivity contribution in [2.24, 2.45) is 0 Å². The van der Waals surface area contributed by atoms with Crippen LogP contribution in [0.15, 0.2) is 42.5 Å². The first-order valence-electron chi connectivity index (χ1n) is 12.9. The van der Waals surface area contributed by atoms with Crippen molar-refractivity contribution in [1.29, 1.82) is 0 Å². The molecule has 0 aromatic heterocycles. The predicted molar refractivity (Wildman–Crippen MR) is 119 cm³/mol. The number of hydrogen-bond acceptors (Lipinski definition) is 6. The Labute approximate surface area is 198 Å². The van der Waals surface area contributed by atoms with E-state index in [-0.39, 0.29) is 51.1 Å². The summed E-state index contributed by atoms with van der Waals surface area (Å²) in [4.78, 5) is 39.7. The standard InChI is InChI=1S/C25H27N3O5/c29-23-9-8-21(24(30)26-23)28-15-20-19(25(28)31)2-1-3-22(20)33-16-18-6-4-17(5-7-18)14-27-10-12-32-13-11-27/h1-7,21H,8-16H2,(H,26,29,30)/i10D2,12D2. The zero-order valence-corrected chi connectivity index (χ0v) is 18.0. The summed E-state index contributed by atoms with van der Waals surface area (Å²) in [5, 5.41) is 2.30. The number of amides is 3. The zero-order chi connectivity index (χ0) is 26.4. The highest BCUT2D eigenvalue weighted by molar-refractivity contribution is 6.05. The maximum absolute atomic E-state index is 13.0. The van der Waals surface area contributed by atoms with E-state index in [0.29, 0.717) is 23.3 Å².